The van der Waals surface area contributed by atoms with Crippen molar-refractivity contribution in [3.05, 3.63) is 11.4 Å². The SMILES string of the molecule is CCCc1nc(NC)c(C)c(N(CC)CC(C)C)n1. The summed E-state index contributed by atoms with van der Waals surface area (Å²) in [6, 6.07) is 0. The van der Waals surface area contributed by atoms with E-state index in [1.807, 2.05) is 7.05 Å². The summed E-state index contributed by atoms with van der Waals surface area (Å²) in [5.41, 5.74) is 1.14. The first-order valence-electron chi connectivity index (χ1n) is 7.33. The molecule has 0 radical (unpaired) electrons. The van der Waals surface area contributed by atoms with E-state index < -0.39 is 0 Å². The zero-order valence-corrected chi connectivity index (χ0v) is 13.2. The minimum absolute atomic E-state index is 0.627. The molecule has 1 rings (SSSR count). The van der Waals surface area contributed by atoms with E-state index >= 15 is 0 Å². The van der Waals surface area contributed by atoms with E-state index in [0.29, 0.717) is 5.92 Å². The number of rotatable bonds is 7. The minimum atomic E-state index is 0.627. The molecule has 1 aromatic heterocycles. The van der Waals surface area contributed by atoms with Gasteiger partial charge in [0.15, 0.2) is 0 Å². The number of anilines is 2. The summed E-state index contributed by atoms with van der Waals surface area (Å²) < 4.78 is 0. The van der Waals surface area contributed by atoms with Gasteiger partial charge in [0, 0.05) is 32.1 Å². The average Bonchev–Trinajstić information content (AvgIpc) is 2.38. The average molecular weight is 264 g/mol. The number of aryl methyl sites for hydroxylation is 1. The van der Waals surface area contributed by atoms with Gasteiger partial charge < -0.3 is 10.2 Å². The molecule has 0 spiro atoms. The Hall–Kier alpha value is -1.32. The van der Waals surface area contributed by atoms with Crippen molar-refractivity contribution in [1.82, 2.24) is 9.97 Å². The van der Waals surface area contributed by atoms with E-state index in [-0.39, 0.29) is 0 Å². The minimum Gasteiger partial charge on any atom is -0.373 e. The van der Waals surface area contributed by atoms with Crippen molar-refractivity contribution in [1.29, 1.82) is 0 Å². The summed E-state index contributed by atoms with van der Waals surface area (Å²) >= 11 is 0. The van der Waals surface area contributed by atoms with Crippen molar-refractivity contribution in [3.63, 3.8) is 0 Å². The van der Waals surface area contributed by atoms with Crippen molar-refractivity contribution in [2.45, 2.75) is 47.5 Å². The molecule has 19 heavy (non-hydrogen) atoms. The molecule has 0 aromatic carbocycles. The molecule has 1 aromatic rings. The molecule has 0 atom stereocenters. The molecule has 0 aliphatic rings. The van der Waals surface area contributed by atoms with E-state index in [1.54, 1.807) is 0 Å². The van der Waals surface area contributed by atoms with Crippen LogP contribution in [0.1, 0.15) is 45.5 Å². The number of nitrogens with zero attached hydrogens (tertiary/aromatic N) is 3. The maximum absolute atomic E-state index is 4.77. The van der Waals surface area contributed by atoms with E-state index in [4.69, 9.17) is 4.98 Å². The first kappa shape index (κ1) is 15.7. The molecule has 4 nitrogen and oxygen atoms in total. The fraction of sp³-hybridized carbons (Fsp3) is 0.733. The molecule has 108 valence electrons. The van der Waals surface area contributed by atoms with E-state index in [2.05, 4.69) is 49.8 Å². The Morgan fingerprint density at radius 3 is 2.37 bits per heavy atom. The topological polar surface area (TPSA) is 41.1 Å². The third-order valence-corrected chi connectivity index (χ3v) is 3.14. The number of hydrogen-bond acceptors (Lipinski definition) is 4. The number of hydrogen-bond donors (Lipinski definition) is 1. The molecule has 0 aliphatic carbocycles. The Bertz CT molecular complexity index is 401. The Labute approximate surface area is 117 Å². The second-order valence-electron chi connectivity index (χ2n) is 5.37. The fourth-order valence-corrected chi connectivity index (χ4v) is 2.24. The van der Waals surface area contributed by atoms with Crippen LogP contribution in [0.5, 0.6) is 0 Å². The van der Waals surface area contributed by atoms with E-state index in [9.17, 15) is 0 Å². The summed E-state index contributed by atoms with van der Waals surface area (Å²) in [6.07, 6.45) is 2.00. The van der Waals surface area contributed by atoms with Crippen molar-refractivity contribution in [2.24, 2.45) is 5.92 Å². The van der Waals surface area contributed by atoms with Gasteiger partial charge in [0.1, 0.15) is 17.5 Å². The summed E-state index contributed by atoms with van der Waals surface area (Å²) in [5, 5.41) is 3.19. The molecular weight excluding hydrogens is 236 g/mol. The molecule has 1 heterocycles. The summed E-state index contributed by atoms with van der Waals surface area (Å²) in [5.74, 6) is 3.60. The molecule has 0 saturated carbocycles. The first-order chi connectivity index (χ1) is 9.03. The third-order valence-electron chi connectivity index (χ3n) is 3.14. The molecule has 0 bridgehead atoms. The highest BCUT2D eigenvalue weighted by Gasteiger charge is 2.15. The van der Waals surface area contributed by atoms with Gasteiger partial charge in [0.05, 0.1) is 0 Å². The first-order valence-corrected chi connectivity index (χ1v) is 7.33. The highest BCUT2D eigenvalue weighted by atomic mass is 15.2. The number of nitrogens with one attached hydrogen (secondary N) is 1. The normalized spacial score (nSPS) is 10.9. The van der Waals surface area contributed by atoms with Gasteiger partial charge in [-0.2, -0.15) is 0 Å². The van der Waals surface area contributed by atoms with Crippen molar-refractivity contribution >= 4 is 11.6 Å². The lowest BCUT2D eigenvalue weighted by atomic mass is 10.2. The summed E-state index contributed by atoms with van der Waals surface area (Å²) in [7, 11) is 1.92. The summed E-state index contributed by atoms with van der Waals surface area (Å²) in [6.45, 7) is 12.9. The Morgan fingerprint density at radius 2 is 1.89 bits per heavy atom. The van der Waals surface area contributed by atoms with E-state index in [0.717, 1.165) is 49.0 Å². The van der Waals surface area contributed by atoms with Gasteiger partial charge in [0.2, 0.25) is 0 Å². The standard InChI is InChI=1S/C15H28N4/c1-7-9-13-17-14(16-6)12(5)15(18-13)19(8-2)10-11(3)4/h11H,7-10H2,1-6H3,(H,16,17,18). The number of aromatic nitrogens is 2. The zero-order chi connectivity index (χ0) is 14.4. The van der Waals surface area contributed by atoms with Gasteiger partial charge in [-0.1, -0.05) is 20.8 Å². The summed E-state index contributed by atoms with van der Waals surface area (Å²) in [4.78, 5) is 11.7. The molecule has 4 heteroatoms. The van der Waals surface area contributed by atoms with Crippen LogP contribution in [-0.2, 0) is 6.42 Å². The zero-order valence-electron chi connectivity index (χ0n) is 13.2. The highest BCUT2D eigenvalue weighted by molar-refractivity contribution is 5.58. The predicted octanol–water partition coefficient (Wildman–Crippen LogP) is 3.26. The van der Waals surface area contributed by atoms with Gasteiger partial charge in [-0.05, 0) is 26.2 Å². The van der Waals surface area contributed by atoms with Gasteiger partial charge in [-0.3, -0.25) is 0 Å². The van der Waals surface area contributed by atoms with Crippen molar-refractivity contribution in [3.8, 4) is 0 Å². The molecule has 0 unspecified atom stereocenters. The van der Waals surface area contributed by atoms with Crippen LogP contribution in [0, 0.1) is 12.8 Å². The molecule has 0 amide bonds. The Kier molecular flexibility index (Phi) is 6.06. The molecule has 1 N–H and O–H groups in total. The van der Waals surface area contributed by atoms with Crippen LogP contribution in [0.2, 0.25) is 0 Å². The van der Waals surface area contributed by atoms with Gasteiger partial charge >= 0.3 is 0 Å². The Morgan fingerprint density at radius 1 is 1.21 bits per heavy atom. The van der Waals surface area contributed by atoms with Crippen molar-refractivity contribution < 1.29 is 0 Å². The van der Waals surface area contributed by atoms with Gasteiger partial charge in [-0.15, -0.1) is 0 Å². The van der Waals surface area contributed by atoms with Gasteiger partial charge in [-0.25, -0.2) is 9.97 Å². The lowest BCUT2D eigenvalue weighted by Crippen LogP contribution is -2.29. The molecular formula is C15H28N4. The quantitative estimate of drug-likeness (QED) is 0.820. The maximum Gasteiger partial charge on any atom is 0.137 e. The van der Waals surface area contributed by atoms with Gasteiger partial charge in [0.25, 0.3) is 0 Å². The van der Waals surface area contributed by atoms with Crippen LogP contribution in [0.3, 0.4) is 0 Å². The van der Waals surface area contributed by atoms with Crippen molar-refractivity contribution in [2.75, 3.05) is 30.4 Å². The second-order valence-corrected chi connectivity index (χ2v) is 5.37. The largest absolute Gasteiger partial charge is 0.373 e. The Balaban J connectivity index is 3.18. The lowest BCUT2D eigenvalue weighted by Gasteiger charge is -2.26. The maximum atomic E-state index is 4.77. The predicted molar refractivity (Wildman–Crippen MR) is 83.0 cm³/mol. The lowest BCUT2D eigenvalue weighted by molar-refractivity contribution is 0.611. The van der Waals surface area contributed by atoms with Crippen LogP contribution in [0.25, 0.3) is 0 Å². The molecule has 0 saturated heterocycles. The van der Waals surface area contributed by atoms with Crippen LogP contribution >= 0.6 is 0 Å². The third kappa shape index (κ3) is 4.08. The van der Waals surface area contributed by atoms with E-state index in [1.165, 1.54) is 0 Å². The van der Waals surface area contributed by atoms with Crippen LogP contribution < -0.4 is 10.2 Å². The molecule has 0 aliphatic heterocycles. The smallest absolute Gasteiger partial charge is 0.137 e. The second kappa shape index (κ2) is 7.31. The molecule has 0 fully saturated rings. The monoisotopic (exact) mass is 264 g/mol. The van der Waals surface area contributed by atoms with Crippen LogP contribution in [0.15, 0.2) is 0 Å². The van der Waals surface area contributed by atoms with Crippen LogP contribution in [-0.4, -0.2) is 30.1 Å². The highest BCUT2D eigenvalue weighted by Crippen LogP contribution is 2.24. The van der Waals surface area contributed by atoms with Crippen LogP contribution in [0.4, 0.5) is 11.6 Å². The fourth-order valence-electron chi connectivity index (χ4n) is 2.24.